The fraction of sp³-hybridized carbons (Fsp3) is 0.300. The topological polar surface area (TPSA) is 63.9 Å². The van der Waals surface area contributed by atoms with Crippen LogP contribution < -0.4 is 0 Å². The summed E-state index contributed by atoms with van der Waals surface area (Å²) in [6.45, 7) is 4.83. The molecular formula is C20H22ClN5OS. The zero-order valence-corrected chi connectivity index (χ0v) is 17.6. The summed E-state index contributed by atoms with van der Waals surface area (Å²) in [5.41, 5.74) is 3.16. The lowest BCUT2D eigenvalue weighted by Crippen LogP contribution is -2.27. The average molecular weight is 416 g/mol. The maximum Gasteiger partial charge on any atom is 0.233 e. The van der Waals surface area contributed by atoms with E-state index in [-0.39, 0.29) is 11.7 Å². The molecule has 0 N–H and O–H groups in total. The molecule has 0 aliphatic heterocycles. The van der Waals surface area contributed by atoms with E-state index in [1.165, 1.54) is 17.3 Å². The standard InChI is InChI=1S/C20H22ClN5OS/c1-14(2)16-6-10-18(11-7-16)26-20(22-23-24-26)28-13-19(27)25(3)12-15-4-8-17(21)9-5-15/h4-11,14H,12-13H2,1-3H3. The Morgan fingerprint density at radius 3 is 2.46 bits per heavy atom. The van der Waals surface area contributed by atoms with Crippen molar-refractivity contribution in [3.8, 4) is 5.69 Å². The van der Waals surface area contributed by atoms with E-state index in [0.717, 1.165) is 11.3 Å². The third-order valence-corrected chi connectivity index (χ3v) is 5.48. The summed E-state index contributed by atoms with van der Waals surface area (Å²) in [6.07, 6.45) is 0. The SMILES string of the molecule is CC(C)c1ccc(-n2nnnc2SCC(=O)N(C)Cc2ccc(Cl)cc2)cc1. The molecule has 1 amide bonds. The molecule has 2 aromatic carbocycles. The van der Waals surface area contributed by atoms with Gasteiger partial charge in [0, 0.05) is 18.6 Å². The Kier molecular flexibility index (Phi) is 6.70. The zero-order chi connectivity index (χ0) is 20.1. The summed E-state index contributed by atoms with van der Waals surface area (Å²) in [5.74, 6) is 0.726. The van der Waals surface area contributed by atoms with E-state index < -0.39 is 0 Å². The molecule has 0 spiro atoms. The second kappa shape index (κ2) is 9.21. The van der Waals surface area contributed by atoms with Crippen LogP contribution in [-0.2, 0) is 11.3 Å². The van der Waals surface area contributed by atoms with Crippen molar-refractivity contribution in [1.82, 2.24) is 25.1 Å². The number of carbonyl (C=O) groups excluding carboxylic acids is 1. The first-order valence-corrected chi connectivity index (χ1v) is 10.3. The fourth-order valence-electron chi connectivity index (χ4n) is 2.62. The second-order valence-electron chi connectivity index (χ2n) is 6.78. The largest absolute Gasteiger partial charge is 0.341 e. The molecule has 146 valence electrons. The summed E-state index contributed by atoms with van der Waals surface area (Å²) in [4.78, 5) is 14.2. The number of benzene rings is 2. The van der Waals surface area contributed by atoms with Crippen molar-refractivity contribution in [2.24, 2.45) is 0 Å². The number of amides is 1. The summed E-state index contributed by atoms with van der Waals surface area (Å²) in [5, 5.41) is 13.1. The molecule has 3 rings (SSSR count). The first-order chi connectivity index (χ1) is 13.4. The Labute approximate surface area is 173 Å². The number of thioether (sulfide) groups is 1. The quantitative estimate of drug-likeness (QED) is 0.541. The van der Waals surface area contributed by atoms with Gasteiger partial charge in [0.2, 0.25) is 11.1 Å². The van der Waals surface area contributed by atoms with Gasteiger partial charge in [0.05, 0.1) is 11.4 Å². The Bertz CT molecular complexity index is 925. The lowest BCUT2D eigenvalue weighted by atomic mass is 10.0. The average Bonchev–Trinajstić information content (AvgIpc) is 3.16. The number of aromatic nitrogens is 4. The molecule has 0 radical (unpaired) electrons. The van der Waals surface area contributed by atoms with Crippen LogP contribution in [0.4, 0.5) is 0 Å². The van der Waals surface area contributed by atoms with E-state index in [9.17, 15) is 4.79 Å². The molecule has 1 aromatic heterocycles. The van der Waals surface area contributed by atoms with Crippen LogP contribution >= 0.6 is 23.4 Å². The lowest BCUT2D eigenvalue weighted by molar-refractivity contribution is -0.127. The van der Waals surface area contributed by atoms with Crippen LogP contribution in [0, 0.1) is 0 Å². The molecule has 0 atom stereocenters. The third-order valence-electron chi connectivity index (χ3n) is 4.33. The minimum Gasteiger partial charge on any atom is -0.341 e. The molecule has 0 aliphatic rings. The maximum atomic E-state index is 12.5. The van der Waals surface area contributed by atoms with Crippen LogP contribution in [0.15, 0.2) is 53.7 Å². The highest BCUT2D eigenvalue weighted by Crippen LogP contribution is 2.21. The number of rotatable bonds is 7. The van der Waals surface area contributed by atoms with Crippen LogP contribution in [0.3, 0.4) is 0 Å². The molecule has 0 fully saturated rings. The van der Waals surface area contributed by atoms with E-state index in [4.69, 9.17) is 11.6 Å². The van der Waals surface area contributed by atoms with Crippen molar-refractivity contribution in [1.29, 1.82) is 0 Å². The Hall–Kier alpha value is -2.38. The van der Waals surface area contributed by atoms with Gasteiger partial charge in [0.25, 0.3) is 0 Å². The first kappa shape index (κ1) is 20.4. The van der Waals surface area contributed by atoms with Gasteiger partial charge in [0.1, 0.15) is 0 Å². The molecule has 0 bridgehead atoms. The molecule has 6 nitrogen and oxygen atoms in total. The molecular weight excluding hydrogens is 394 g/mol. The van der Waals surface area contributed by atoms with Crippen LogP contribution in [0.25, 0.3) is 5.69 Å². The van der Waals surface area contributed by atoms with Crippen molar-refractivity contribution < 1.29 is 4.79 Å². The van der Waals surface area contributed by atoms with Crippen molar-refractivity contribution in [2.75, 3.05) is 12.8 Å². The highest BCUT2D eigenvalue weighted by atomic mass is 35.5. The van der Waals surface area contributed by atoms with E-state index in [1.54, 1.807) is 16.6 Å². The molecule has 0 aliphatic carbocycles. The third kappa shape index (κ3) is 5.11. The Morgan fingerprint density at radius 2 is 1.82 bits per heavy atom. The summed E-state index contributed by atoms with van der Waals surface area (Å²) in [7, 11) is 1.78. The number of tetrazole rings is 1. The van der Waals surface area contributed by atoms with Gasteiger partial charge in [-0.1, -0.05) is 61.5 Å². The Morgan fingerprint density at radius 1 is 1.14 bits per heavy atom. The van der Waals surface area contributed by atoms with Gasteiger partial charge < -0.3 is 4.90 Å². The predicted octanol–water partition coefficient (Wildman–Crippen LogP) is 4.19. The lowest BCUT2D eigenvalue weighted by Gasteiger charge is -2.17. The predicted molar refractivity (Wildman–Crippen MR) is 112 cm³/mol. The maximum absolute atomic E-state index is 12.5. The van der Waals surface area contributed by atoms with Crippen LogP contribution in [0.2, 0.25) is 5.02 Å². The monoisotopic (exact) mass is 415 g/mol. The zero-order valence-electron chi connectivity index (χ0n) is 16.0. The summed E-state index contributed by atoms with van der Waals surface area (Å²) < 4.78 is 1.65. The van der Waals surface area contributed by atoms with E-state index >= 15 is 0 Å². The summed E-state index contributed by atoms with van der Waals surface area (Å²) >= 11 is 7.22. The smallest absolute Gasteiger partial charge is 0.233 e. The minimum atomic E-state index is 0.00431. The number of hydrogen-bond donors (Lipinski definition) is 0. The fourth-order valence-corrected chi connectivity index (χ4v) is 3.58. The van der Waals surface area contributed by atoms with Crippen LogP contribution in [0.5, 0.6) is 0 Å². The molecule has 8 heteroatoms. The van der Waals surface area contributed by atoms with Crippen molar-refractivity contribution in [3.63, 3.8) is 0 Å². The van der Waals surface area contributed by atoms with Crippen LogP contribution in [0.1, 0.15) is 30.9 Å². The van der Waals surface area contributed by atoms with Crippen molar-refractivity contribution in [2.45, 2.75) is 31.5 Å². The number of halogens is 1. The molecule has 0 saturated heterocycles. The van der Waals surface area contributed by atoms with E-state index in [0.29, 0.717) is 22.6 Å². The van der Waals surface area contributed by atoms with Gasteiger partial charge in [-0.05, 0) is 51.7 Å². The first-order valence-electron chi connectivity index (χ1n) is 8.94. The van der Waals surface area contributed by atoms with Gasteiger partial charge in [-0.2, -0.15) is 4.68 Å². The normalized spacial score (nSPS) is 11.0. The second-order valence-corrected chi connectivity index (χ2v) is 8.16. The minimum absolute atomic E-state index is 0.00431. The van der Waals surface area contributed by atoms with Gasteiger partial charge >= 0.3 is 0 Å². The molecule has 0 saturated carbocycles. The molecule has 3 aromatic rings. The van der Waals surface area contributed by atoms with E-state index in [2.05, 4.69) is 41.5 Å². The van der Waals surface area contributed by atoms with Gasteiger partial charge in [-0.25, -0.2) is 0 Å². The number of hydrogen-bond acceptors (Lipinski definition) is 5. The van der Waals surface area contributed by atoms with E-state index in [1.807, 2.05) is 36.4 Å². The van der Waals surface area contributed by atoms with Gasteiger partial charge in [0.15, 0.2) is 0 Å². The Balaban J connectivity index is 1.61. The van der Waals surface area contributed by atoms with Crippen LogP contribution in [-0.4, -0.2) is 43.8 Å². The highest BCUT2D eigenvalue weighted by Gasteiger charge is 2.15. The highest BCUT2D eigenvalue weighted by molar-refractivity contribution is 7.99. The van der Waals surface area contributed by atoms with Crippen molar-refractivity contribution in [3.05, 3.63) is 64.7 Å². The number of nitrogens with zero attached hydrogens (tertiary/aromatic N) is 5. The molecule has 0 unspecified atom stereocenters. The van der Waals surface area contributed by atoms with Gasteiger partial charge in [-0.3, -0.25) is 4.79 Å². The van der Waals surface area contributed by atoms with Crippen molar-refractivity contribution >= 4 is 29.3 Å². The molecule has 28 heavy (non-hydrogen) atoms. The summed E-state index contributed by atoms with van der Waals surface area (Å²) in [6, 6.07) is 15.6. The molecule has 1 heterocycles. The number of carbonyl (C=O) groups is 1. The van der Waals surface area contributed by atoms with Gasteiger partial charge in [-0.15, -0.1) is 5.10 Å².